The fourth-order valence-electron chi connectivity index (χ4n) is 1.24. The molecule has 0 aliphatic carbocycles. The van der Waals surface area contributed by atoms with Crippen molar-refractivity contribution in [1.82, 2.24) is 0 Å². The van der Waals surface area contributed by atoms with Crippen LogP contribution in [0.2, 0.25) is 0 Å². The molecule has 0 radical (unpaired) electrons. The summed E-state index contributed by atoms with van der Waals surface area (Å²) in [6.45, 7) is 0. The fraction of sp³-hybridized carbons (Fsp3) is 0.111. The van der Waals surface area contributed by atoms with Crippen molar-refractivity contribution in [2.75, 3.05) is 0 Å². The number of fused-ring (bicyclic) bond motifs is 1. The van der Waals surface area contributed by atoms with Crippen molar-refractivity contribution in [3.63, 3.8) is 0 Å². The van der Waals surface area contributed by atoms with E-state index < -0.39 is 0 Å². The van der Waals surface area contributed by atoms with Gasteiger partial charge in [-0.2, -0.15) is 0 Å². The zero-order valence-corrected chi connectivity index (χ0v) is 9.85. The molecule has 0 aliphatic heterocycles. The van der Waals surface area contributed by atoms with E-state index >= 15 is 0 Å². The van der Waals surface area contributed by atoms with Gasteiger partial charge < -0.3 is 0 Å². The van der Waals surface area contributed by atoms with Crippen molar-refractivity contribution in [2.45, 2.75) is 9.54 Å². The highest BCUT2D eigenvalue weighted by Crippen LogP contribution is 2.33. The Morgan fingerprint density at radius 2 is 2.23 bits per heavy atom. The molecule has 0 amide bonds. The lowest BCUT2D eigenvalue weighted by Crippen LogP contribution is -1.80. The van der Waals surface area contributed by atoms with Crippen LogP contribution in [0.5, 0.6) is 0 Å². The molecule has 0 fully saturated rings. The van der Waals surface area contributed by atoms with Crippen LogP contribution in [0.15, 0.2) is 22.4 Å². The Labute approximate surface area is 93.3 Å². The van der Waals surface area contributed by atoms with Gasteiger partial charge >= 0.3 is 0 Å². The second-order valence-corrected chi connectivity index (χ2v) is 5.06. The normalized spacial score (nSPS) is 11.0. The van der Waals surface area contributed by atoms with Crippen LogP contribution in [-0.4, -0.2) is 0 Å². The van der Waals surface area contributed by atoms with Gasteiger partial charge in [-0.05, 0) is 17.7 Å². The van der Waals surface area contributed by atoms with Gasteiger partial charge in [0.1, 0.15) is 5.82 Å². The minimum atomic E-state index is -0.170. The molecule has 0 saturated heterocycles. The largest absolute Gasteiger partial charge is 0.206 e. The van der Waals surface area contributed by atoms with Gasteiger partial charge in [-0.25, -0.2) is 4.39 Å². The quantitative estimate of drug-likeness (QED) is 0.585. The second kappa shape index (κ2) is 3.59. The fourth-order valence-corrected chi connectivity index (χ4v) is 3.22. The third-order valence-electron chi connectivity index (χ3n) is 1.84. The van der Waals surface area contributed by atoms with Gasteiger partial charge in [-0.1, -0.05) is 22.0 Å². The van der Waals surface area contributed by atoms with Crippen LogP contribution in [0.4, 0.5) is 4.39 Å². The Hall–Kier alpha value is -0.0600. The standard InChI is InChI=1S/C9H6BrFS2/c10-4-5-1-2-7(11)6-3-8(12)13-9(5)6/h1-3,12H,4H2. The van der Waals surface area contributed by atoms with Crippen LogP contribution in [0.1, 0.15) is 5.56 Å². The average molecular weight is 277 g/mol. The molecule has 0 spiro atoms. The molecular formula is C9H6BrFS2. The molecule has 0 atom stereocenters. The molecule has 0 saturated carbocycles. The van der Waals surface area contributed by atoms with Gasteiger partial charge in [0.15, 0.2) is 0 Å². The van der Waals surface area contributed by atoms with Crippen molar-refractivity contribution < 1.29 is 4.39 Å². The van der Waals surface area contributed by atoms with Crippen LogP contribution in [-0.2, 0) is 5.33 Å². The summed E-state index contributed by atoms with van der Waals surface area (Å²) in [6.07, 6.45) is 0. The molecule has 1 aromatic carbocycles. The Morgan fingerprint density at radius 1 is 1.46 bits per heavy atom. The van der Waals surface area contributed by atoms with Gasteiger partial charge in [0.2, 0.25) is 0 Å². The van der Waals surface area contributed by atoms with Gasteiger partial charge in [0, 0.05) is 15.4 Å². The maximum absolute atomic E-state index is 13.3. The Balaban J connectivity index is 2.83. The molecule has 4 heteroatoms. The van der Waals surface area contributed by atoms with E-state index in [1.807, 2.05) is 0 Å². The first-order chi connectivity index (χ1) is 6.22. The summed E-state index contributed by atoms with van der Waals surface area (Å²) in [6, 6.07) is 5.07. The zero-order chi connectivity index (χ0) is 9.42. The minimum absolute atomic E-state index is 0.170. The van der Waals surface area contributed by atoms with Crippen molar-refractivity contribution in [3.05, 3.63) is 29.6 Å². The summed E-state index contributed by atoms with van der Waals surface area (Å²) >= 11 is 9.10. The molecule has 0 bridgehead atoms. The first-order valence-corrected chi connectivity index (χ1v) is 6.06. The number of hydrogen-bond donors (Lipinski definition) is 1. The first kappa shape index (κ1) is 9.49. The highest BCUT2D eigenvalue weighted by atomic mass is 79.9. The lowest BCUT2D eigenvalue weighted by atomic mass is 10.2. The predicted molar refractivity (Wildman–Crippen MR) is 61.7 cm³/mol. The van der Waals surface area contributed by atoms with E-state index in [1.165, 1.54) is 17.4 Å². The number of thiol groups is 1. The van der Waals surface area contributed by atoms with Crippen LogP contribution in [0, 0.1) is 5.82 Å². The van der Waals surface area contributed by atoms with Crippen molar-refractivity contribution in [3.8, 4) is 0 Å². The van der Waals surface area contributed by atoms with Crippen LogP contribution in [0.3, 0.4) is 0 Å². The van der Waals surface area contributed by atoms with Crippen LogP contribution < -0.4 is 0 Å². The van der Waals surface area contributed by atoms with E-state index in [-0.39, 0.29) is 5.82 Å². The predicted octanol–water partition coefficient (Wildman–Crippen LogP) is 4.22. The zero-order valence-electron chi connectivity index (χ0n) is 6.55. The van der Waals surface area contributed by atoms with Crippen molar-refractivity contribution in [2.24, 2.45) is 0 Å². The van der Waals surface area contributed by atoms with E-state index in [9.17, 15) is 4.39 Å². The van der Waals surface area contributed by atoms with Crippen LogP contribution in [0.25, 0.3) is 10.1 Å². The summed E-state index contributed by atoms with van der Waals surface area (Å²) in [5, 5.41) is 1.42. The molecule has 0 N–H and O–H groups in total. The number of alkyl halides is 1. The van der Waals surface area contributed by atoms with Crippen molar-refractivity contribution in [1.29, 1.82) is 0 Å². The third-order valence-corrected chi connectivity index (χ3v) is 3.86. The topological polar surface area (TPSA) is 0 Å². The van der Waals surface area contributed by atoms with Crippen molar-refractivity contribution >= 4 is 50.0 Å². The Kier molecular flexibility index (Phi) is 2.62. The summed E-state index contributed by atoms with van der Waals surface area (Å²) in [7, 11) is 0. The van der Waals surface area contributed by atoms with Gasteiger partial charge in [0.25, 0.3) is 0 Å². The number of hydrogen-bond acceptors (Lipinski definition) is 2. The highest BCUT2D eigenvalue weighted by Gasteiger charge is 2.08. The molecule has 0 nitrogen and oxygen atoms in total. The maximum Gasteiger partial charge on any atom is 0.131 e. The molecule has 13 heavy (non-hydrogen) atoms. The summed E-state index contributed by atoms with van der Waals surface area (Å²) in [5.41, 5.74) is 1.11. The second-order valence-electron chi connectivity index (χ2n) is 2.67. The van der Waals surface area contributed by atoms with Gasteiger partial charge in [-0.3, -0.25) is 0 Å². The van der Waals surface area contributed by atoms with E-state index in [0.717, 1.165) is 19.8 Å². The molecular weight excluding hydrogens is 271 g/mol. The number of rotatable bonds is 1. The highest BCUT2D eigenvalue weighted by molar-refractivity contribution is 9.08. The van der Waals surface area contributed by atoms with Gasteiger partial charge in [0.05, 0.1) is 4.21 Å². The van der Waals surface area contributed by atoms with E-state index in [2.05, 4.69) is 28.6 Å². The van der Waals surface area contributed by atoms with E-state index in [4.69, 9.17) is 0 Å². The molecule has 2 rings (SSSR count). The SMILES string of the molecule is Fc1ccc(CBr)c2sc(S)cc12. The summed E-state index contributed by atoms with van der Waals surface area (Å²) in [4.78, 5) is 0. The van der Waals surface area contributed by atoms with E-state index in [1.54, 1.807) is 12.1 Å². The lowest BCUT2D eigenvalue weighted by molar-refractivity contribution is 0.640. The maximum atomic E-state index is 13.3. The molecule has 1 aromatic heterocycles. The smallest absolute Gasteiger partial charge is 0.131 e. The number of halogens is 2. The first-order valence-electron chi connectivity index (χ1n) is 3.68. The summed E-state index contributed by atoms with van der Waals surface area (Å²) < 4.78 is 15.1. The molecule has 1 heterocycles. The molecule has 0 unspecified atom stereocenters. The number of benzene rings is 1. The lowest BCUT2D eigenvalue weighted by Gasteiger charge is -1.97. The molecule has 68 valence electrons. The minimum Gasteiger partial charge on any atom is -0.206 e. The average Bonchev–Trinajstić information content (AvgIpc) is 2.48. The Morgan fingerprint density at radius 3 is 2.92 bits per heavy atom. The van der Waals surface area contributed by atoms with Crippen LogP contribution >= 0.6 is 39.9 Å². The summed E-state index contributed by atoms with van der Waals surface area (Å²) in [5.74, 6) is -0.170. The monoisotopic (exact) mass is 276 g/mol. The number of thiophene rings is 1. The van der Waals surface area contributed by atoms with Gasteiger partial charge in [-0.15, -0.1) is 24.0 Å². The Bertz CT molecular complexity index is 450. The third kappa shape index (κ3) is 1.63. The molecule has 0 aliphatic rings. The van der Waals surface area contributed by atoms with E-state index in [0.29, 0.717) is 5.39 Å². The molecule has 2 aromatic rings.